The van der Waals surface area contributed by atoms with E-state index >= 15 is 0 Å². The number of rotatable bonds is 10. The number of tetrazole rings is 1. The Balaban J connectivity index is 1.47. The van der Waals surface area contributed by atoms with Crippen LogP contribution in [-0.4, -0.2) is 67.8 Å². The minimum Gasteiger partial charge on any atom is -0.465 e. The van der Waals surface area contributed by atoms with E-state index in [1.165, 1.54) is 40.2 Å². The lowest BCUT2D eigenvalue weighted by Crippen LogP contribution is -2.30. The summed E-state index contributed by atoms with van der Waals surface area (Å²) >= 11 is 6.20. The number of carbonyl (C=O) groups is 2. The molecule has 45 heavy (non-hydrogen) atoms. The molecule has 0 bridgehead atoms. The van der Waals surface area contributed by atoms with Crippen molar-refractivity contribution >= 4 is 46.2 Å². The minimum atomic E-state index is -1.30. The Morgan fingerprint density at radius 3 is 2.60 bits per heavy atom. The van der Waals surface area contributed by atoms with Crippen LogP contribution in [0.3, 0.4) is 0 Å². The molecule has 15 nitrogen and oxygen atoms in total. The van der Waals surface area contributed by atoms with Gasteiger partial charge in [0.15, 0.2) is 0 Å². The van der Waals surface area contributed by atoms with E-state index in [1.54, 1.807) is 55.6 Å². The van der Waals surface area contributed by atoms with Crippen LogP contribution in [-0.2, 0) is 29.1 Å². The predicted molar refractivity (Wildman–Crippen MR) is 165 cm³/mol. The van der Waals surface area contributed by atoms with Gasteiger partial charge >= 0.3 is 6.09 Å². The van der Waals surface area contributed by atoms with E-state index in [0.717, 1.165) is 0 Å². The van der Waals surface area contributed by atoms with Crippen molar-refractivity contribution in [3.8, 4) is 16.8 Å². The highest BCUT2D eigenvalue weighted by atomic mass is 35.5. The number of benzene rings is 2. The number of aromatic nitrogens is 8. The maximum atomic E-state index is 13.3. The molecule has 2 amide bonds. The zero-order valence-corrected chi connectivity index (χ0v) is 25.3. The van der Waals surface area contributed by atoms with Crippen molar-refractivity contribution < 1.29 is 18.9 Å². The molecule has 0 saturated heterocycles. The van der Waals surface area contributed by atoms with Crippen LogP contribution in [0, 0.1) is 0 Å². The van der Waals surface area contributed by atoms with Crippen molar-refractivity contribution in [1.82, 2.24) is 45.5 Å². The topological polar surface area (TPSA) is 203 Å². The normalized spacial score (nSPS) is 12.6. The quantitative estimate of drug-likeness (QED) is 0.163. The van der Waals surface area contributed by atoms with Crippen LogP contribution in [0.2, 0.25) is 5.02 Å². The molecule has 17 heteroatoms. The second-order valence-corrected chi connectivity index (χ2v) is 11.4. The molecular formula is C28H25ClN10O5S. The molecule has 2 atom stereocenters. The molecule has 5 aromatic rings. The summed E-state index contributed by atoms with van der Waals surface area (Å²) in [7, 11) is 0.371. The molecule has 3 aromatic heterocycles. The molecule has 230 valence electrons. The summed E-state index contributed by atoms with van der Waals surface area (Å²) in [5, 5.41) is 37.4. The molecule has 0 fully saturated rings. The molecule has 3 heterocycles. The Morgan fingerprint density at radius 1 is 1.16 bits per heavy atom. The van der Waals surface area contributed by atoms with Crippen molar-refractivity contribution in [3.05, 3.63) is 99.3 Å². The number of carboxylic acid groups (broad SMARTS) is 1. The molecule has 2 aromatic carbocycles. The molecule has 5 rings (SSSR count). The van der Waals surface area contributed by atoms with E-state index in [4.69, 9.17) is 16.7 Å². The van der Waals surface area contributed by atoms with Crippen molar-refractivity contribution in [2.75, 3.05) is 11.6 Å². The number of nitrogens with zero attached hydrogens (tertiary/aromatic N) is 7. The second-order valence-electron chi connectivity index (χ2n) is 9.65. The SMILES string of the molecule is Cn1nc(CC(NC(=O)C=Cc2cc(Cl)ccc2-n2cnnn2)c2cc(-c3ccc(NC(=O)O)cc3)c(=O)[nH]n2)cc1S(C)=O. The van der Waals surface area contributed by atoms with Gasteiger partial charge in [-0.25, -0.2) is 9.89 Å². The highest BCUT2D eigenvalue weighted by Gasteiger charge is 2.21. The summed E-state index contributed by atoms with van der Waals surface area (Å²) in [6.45, 7) is 0. The first-order valence-electron chi connectivity index (χ1n) is 13.1. The number of halogens is 1. The fraction of sp³-hybridized carbons (Fsp3) is 0.143. The highest BCUT2D eigenvalue weighted by molar-refractivity contribution is 7.84. The van der Waals surface area contributed by atoms with E-state index in [1.807, 2.05) is 0 Å². The number of hydrogen-bond acceptors (Lipinski definition) is 9. The van der Waals surface area contributed by atoms with E-state index in [-0.39, 0.29) is 12.0 Å². The van der Waals surface area contributed by atoms with Crippen LogP contribution in [0.5, 0.6) is 0 Å². The fourth-order valence-electron chi connectivity index (χ4n) is 4.51. The lowest BCUT2D eigenvalue weighted by molar-refractivity contribution is -0.117. The third-order valence-corrected chi connectivity index (χ3v) is 7.75. The first-order valence-corrected chi connectivity index (χ1v) is 15.1. The number of carbonyl (C=O) groups excluding carboxylic acids is 1. The number of hydrogen-bond donors (Lipinski definition) is 4. The van der Waals surface area contributed by atoms with Gasteiger partial charge in [-0.05, 0) is 64.5 Å². The van der Waals surface area contributed by atoms with Crippen LogP contribution < -0.4 is 16.2 Å². The van der Waals surface area contributed by atoms with E-state index in [0.29, 0.717) is 43.9 Å². The molecule has 0 saturated carbocycles. The van der Waals surface area contributed by atoms with E-state index in [2.05, 4.69) is 41.5 Å². The lowest BCUT2D eigenvalue weighted by atomic mass is 10.0. The molecule has 0 aliphatic heterocycles. The zero-order chi connectivity index (χ0) is 32.1. The third-order valence-electron chi connectivity index (χ3n) is 6.54. The Kier molecular flexibility index (Phi) is 9.25. The molecule has 0 aliphatic carbocycles. The molecular weight excluding hydrogens is 624 g/mol. The van der Waals surface area contributed by atoms with Crippen molar-refractivity contribution in [1.29, 1.82) is 0 Å². The number of amides is 2. The van der Waals surface area contributed by atoms with Crippen molar-refractivity contribution in [3.63, 3.8) is 0 Å². The summed E-state index contributed by atoms with van der Waals surface area (Å²) in [5.41, 5.74) is 2.61. The molecule has 0 aliphatic rings. The highest BCUT2D eigenvalue weighted by Crippen LogP contribution is 2.24. The maximum Gasteiger partial charge on any atom is 0.409 e. The van der Waals surface area contributed by atoms with Gasteiger partial charge in [0, 0.05) is 42.1 Å². The molecule has 0 radical (unpaired) electrons. The summed E-state index contributed by atoms with van der Waals surface area (Å²) in [6.07, 6.45) is 4.77. The smallest absolute Gasteiger partial charge is 0.409 e. The lowest BCUT2D eigenvalue weighted by Gasteiger charge is -2.17. The van der Waals surface area contributed by atoms with Gasteiger partial charge < -0.3 is 10.4 Å². The van der Waals surface area contributed by atoms with Crippen LogP contribution in [0.1, 0.15) is 23.0 Å². The standard InChI is InChI=1S/C28H25ClN10O5S/c1-38-26(45(2)44)13-20(35-38)12-22(23-14-21(27(41)34-33-23)16-3-7-19(8-4-16)31-28(42)43)32-25(40)10-5-17-11-18(29)6-9-24(17)39-15-30-36-37-39/h3-11,13-15,22,31H,12H2,1-2H3,(H,32,40)(H,34,41)(H,42,43). The van der Waals surface area contributed by atoms with Gasteiger partial charge in [-0.15, -0.1) is 5.10 Å². The second kappa shape index (κ2) is 13.4. The zero-order valence-electron chi connectivity index (χ0n) is 23.7. The van der Waals surface area contributed by atoms with Gasteiger partial charge in [0.05, 0.1) is 39.5 Å². The Labute approximate surface area is 262 Å². The Hall–Kier alpha value is -5.48. The number of aryl methyl sites for hydroxylation is 1. The van der Waals surface area contributed by atoms with Crippen molar-refractivity contribution in [2.45, 2.75) is 17.5 Å². The number of anilines is 1. The van der Waals surface area contributed by atoms with Gasteiger partial charge in [-0.3, -0.25) is 23.8 Å². The summed E-state index contributed by atoms with van der Waals surface area (Å²) < 4.78 is 15.1. The van der Waals surface area contributed by atoms with Crippen LogP contribution >= 0.6 is 11.6 Å². The van der Waals surface area contributed by atoms with Gasteiger partial charge in [0.25, 0.3) is 5.56 Å². The predicted octanol–water partition coefficient (Wildman–Crippen LogP) is 2.74. The largest absolute Gasteiger partial charge is 0.465 e. The van der Waals surface area contributed by atoms with Gasteiger partial charge in [0.2, 0.25) is 5.91 Å². The Bertz CT molecular complexity index is 1970. The van der Waals surface area contributed by atoms with Crippen molar-refractivity contribution in [2.24, 2.45) is 7.05 Å². The number of nitrogens with one attached hydrogen (secondary N) is 3. The molecule has 4 N–H and O–H groups in total. The fourth-order valence-corrected chi connectivity index (χ4v) is 5.40. The first-order chi connectivity index (χ1) is 21.6. The average Bonchev–Trinajstić information content (AvgIpc) is 3.66. The minimum absolute atomic E-state index is 0.150. The summed E-state index contributed by atoms with van der Waals surface area (Å²) in [6, 6.07) is 13.7. The van der Waals surface area contributed by atoms with Gasteiger partial charge in [-0.1, -0.05) is 23.7 Å². The maximum absolute atomic E-state index is 13.3. The Morgan fingerprint density at radius 2 is 1.93 bits per heavy atom. The van der Waals surface area contributed by atoms with E-state index < -0.39 is 34.4 Å². The third kappa shape index (κ3) is 7.54. The average molecular weight is 649 g/mol. The van der Waals surface area contributed by atoms with E-state index in [9.17, 15) is 18.6 Å². The van der Waals surface area contributed by atoms with Crippen LogP contribution in [0.15, 0.2) is 76.8 Å². The van der Waals surface area contributed by atoms with Gasteiger partial charge in [0.1, 0.15) is 11.4 Å². The molecule has 0 spiro atoms. The van der Waals surface area contributed by atoms with Gasteiger partial charge in [-0.2, -0.15) is 14.9 Å². The molecule has 2 unspecified atom stereocenters. The monoisotopic (exact) mass is 648 g/mol. The summed E-state index contributed by atoms with van der Waals surface area (Å²) in [5.74, 6) is -0.489. The van der Waals surface area contributed by atoms with Crippen LogP contribution in [0.25, 0.3) is 22.9 Å². The number of H-pyrrole nitrogens is 1. The van der Waals surface area contributed by atoms with Crippen LogP contribution in [0.4, 0.5) is 10.5 Å². The first kappa shape index (κ1) is 31.0. The summed E-state index contributed by atoms with van der Waals surface area (Å²) in [4.78, 5) is 37.0. The number of aromatic amines is 1.